The fraction of sp³-hybridized carbons (Fsp3) is 0.647. The van der Waals surface area contributed by atoms with Gasteiger partial charge in [-0.25, -0.2) is 0 Å². The van der Waals surface area contributed by atoms with Gasteiger partial charge in [0.25, 0.3) is 0 Å². The molecule has 1 aromatic rings. The van der Waals surface area contributed by atoms with Crippen LogP contribution in [0, 0.1) is 0 Å². The molecule has 104 valence electrons. The lowest BCUT2D eigenvalue weighted by molar-refractivity contribution is 0.0333. The predicted octanol–water partition coefficient (Wildman–Crippen LogP) is 3.78. The monoisotopic (exact) mass is 259 g/mol. The van der Waals surface area contributed by atoms with Crippen molar-refractivity contribution < 1.29 is 4.74 Å². The number of hydrogen-bond donors (Lipinski definition) is 1. The van der Waals surface area contributed by atoms with Crippen molar-refractivity contribution in [3.05, 3.63) is 35.4 Å². The van der Waals surface area contributed by atoms with Crippen LogP contribution in [-0.4, -0.2) is 19.3 Å². The van der Waals surface area contributed by atoms with Crippen molar-refractivity contribution in [2.24, 2.45) is 0 Å². The molecule has 2 nitrogen and oxygen atoms in total. The number of ether oxygens (including phenoxy) is 1. The summed E-state index contributed by atoms with van der Waals surface area (Å²) in [4.78, 5) is 0. The maximum absolute atomic E-state index is 6.02. The van der Waals surface area contributed by atoms with Crippen LogP contribution < -0.4 is 5.32 Å². The van der Waals surface area contributed by atoms with E-state index in [9.17, 15) is 0 Å². The maximum atomic E-state index is 6.02. The number of rotatable bonds is 4. The standard InChI is InChI=1S/C17H25NO/c1-12-6-11-16(19-12)17(18-2)15-9-7-14(8-10-15)13-4-3-5-13/h7-10,12-13,16-18H,3-6,11H2,1-2H3. The Hall–Kier alpha value is -0.860. The molecule has 2 fully saturated rings. The van der Waals surface area contributed by atoms with Gasteiger partial charge in [-0.2, -0.15) is 0 Å². The highest BCUT2D eigenvalue weighted by Crippen LogP contribution is 2.37. The summed E-state index contributed by atoms with van der Waals surface area (Å²) in [6.45, 7) is 2.17. The van der Waals surface area contributed by atoms with Gasteiger partial charge in [-0.05, 0) is 56.7 Å². The van der Waals surface area contributed by atoms with Crippen molar-refractivity contribution in [2.75, 3.05) is 7.05 Å². The molecule has 1 heterocycles. The largest absolute Gasteiger partial charge is 0.373 e. The lowest BCUT2D eigenvalue weighted by atomic mass is 9.79. The molecule has 3 unspecified atom stereocenters. The minimum absolute atomic E-state index is 0.328. The quantitative estimate of drug-likeness (QED) is 0.888. The molecule has 1 aliphatic carbocycles. The number of likely N-dealkylation sites (N-methyl/N-ethyl adjacent to an activating group) is 1. The summed E-state index contributed by atoms with van der Waals surface area (Å²) >= 11 is 0. The Morgan fingerprint density at radius 3 is 2.32 bits per heavy atom. The molecule has 3 rings (SSSR count). The van der Waals surface area contributed by atoms with E-state index >= 15 is 0 Å². The van der Waals surface area contributed by atoms with Crippen molar-refractivity contribution in [1.29, 1.82) is 0 Å². The highest BCUT2D eigenvalue weighted by Gasteiger charge is 2.29. The van der Waals surface area contributed by atoms with Crippen molar-refractivity contribution >= 4 is 0 Å². The van der Waals surface area contributed by atoms with Crippen LogP contribution in [0.5, 0.6) is 0 Å². The van der Waals surface area contributed by atoms with Crippen LogP contribution >= 0.6 is 0 Å². The van der Waals surface area contributed by atoms with E-state index in [0.717, 1.165) is 12.3 Å². The third-order valence-electron chi connectivity index (χ3n) is 4.82. The van der Waals surface area contributed by atoms with Gasteiger partial charge in [0, 0.05) is 0 Å². The second-order valence-corrected chi connectivity index (χ2v) is 6.12. The zero-order valence-corrected chi connectivity index (χ0v) is 12.1. The lowest BCUT2D eigenvalue weighted by Gasteiger charge is -2.27. The predicted molar refractivity (Wildman–Crippen MR) is 78.4 cm³/mol. The molecule has 0 aromatic heterocycles. The SMILES string of the molecule is CNC(c1ccc(C2CCC2)cc1)C1CCC(C)O1. The Kier molecular flexibility index (Phi) is 3.90. The summed E-state index contributed by atoms with van der Waals surface area (Å²) in [6, 6.07) is 9.56. The molecule has 1 N–H and O–H groups in total. The summed E-state index contributed by atoms with van der Waals surface area (Å²) in [6.07, 6.45) is 7.24. The van der Waals surface area contributed by atoms with Crippen LogP contribution in [0.15, 0.2) is 24.3 Å². The van der Waals surface area contributed by atoms with Crippen molar-refractivity contribution in [2.45, 2.75) is 63.2 Å². The molecule has 2 heteroatoms. The van der Waals surface area contributed by atoms with Gasteiger partial charge in [-0.1, -0.05) is 30.7 Å². The van der Waals surface area contributed by atoms with E-state index in [4.69, 9.17) is 4.74 Å². The Morgan fingerprint density at radius 2 is 1.84 bits per heavy atom. The summed E-state index contributed by atoms with van der Waals surface area (Å²) in [5.74, 6) is 0.824. The van der Waals surface area contributed by atoms with E-state index < -0.39 is 0 Å². The molecule has 19 heavy (non-hydrogen) atoms. The first kappa shape index (κ1) is 13.1. The van der Waals surface area contributed by atoms with Crippen LogP contribution in [-0.2, 0) is 4.74 Å². The second kappa shape index (κ2) is 5.64. The average molecular weight is 259 g/mol. The van der Waals surface area contributed by atoms with Crippen LogP contribution in [0.1, 0.15) is 62.1 Å². The summed E-state index contributed by atoms with van der Waals surface area (Å²) in [5, 5.41) is 3.43. The zero-order valence-electron chi connectivity index (χ0n) is 12.1. The summed E-state index contributed by atoms with van der Waals surface area (Å²) < 4.78 is 6.02. The highest BCUT2D eigenvalue weighted by molar-refractivity contribution is 5.29. The lowest BCUT2D eigenvalue weighted by Crippen LogP contribution is -2.29. The molecule has 1 aromatic carbocycles. The molecule has 1 saturated heterocycles. The van der Waals surface area contributed by atoms with E-state index in [1.54, 1.807) is 0 Å². The Balaban J connectivity index is 1.71. The van der Waals surface area contributed by atoms with Gasteiger partial charge < -0.3 is 10.1 Å². The summed E-state index contributed by atoms with van der Waals surface area (Å²) in [5.41, 5.74) is 2.88. The van der Waals surface area contributed by atoms with Gasteiger partial charge in [0.15, 0.2) is 0 Å². The van der Waals surface area contributed by atoms with Gasteiger partial charge in [0.05, 0.1) is 18.2 Å². The van der Waals surface area contributed by atoms with Gasteiger partial charge in [0.2, 0.25) is 0 Å². The smallest absolute Gasteiger partial charge is 0.0774 e. The van der Waals surface area contributed by atoms with Crippen LogP contribution in [0.25, 0.3) is 0 Å². The number of nitrogens with one attached hydrogen (secondary N) is 1. The minimum Gasteiger partial charge on any atom is -0.373 e. The van der Waals surface area contributed by atoms with Crippen LogP contribution in [0.3, 0.4) is 0 Å². The fourth-order valence-corrected chi connectivity index (χ4v) is 3.36. The average Bonchev–Trinajstić information content (AvgIpc) is 2.77. The Morgan fingerprint density at radius 1 is 1.11 bits per heavy atom. The van der Waals surface area contributed by atoms with Crippen molar-refractivity contribution in [3.63, 3.8) is 0 Å². The van der Waals surface area contributed by atoms with Gasteiger partial charge in [-0.15, -0.1) is 0 Å². The second-order valence-electron chi connectivity index (χ2n) is 6.12. The van der Waals surface area contributed by atoms with E-state index in [1.165, 1.54) is 36.8 Å². The molecule has 0 radical (unpaired) electrons. The number of hydrogen-bond acceptors (Lipinski definition) is 2. The van der Waals surface area contributed by atoms with Crippen LogP contribution in [0.4, 0.5) is 0 Å². The molecule has 0 bridgehead atoms. The fourth-order valence-electron chi connectivity index (χ4n) is 3.36. The highest BCUT2D eigenvalue weighted by atomic mass is 16.5. The molecule has 1 aliphatic heterocycles. The van der Waals surface area contributed by atoms with E-state index in [2.05, 4.69) is 36.5 Å². The van der Waals surface area contributed by atoms with E-state index in [1.807, 2.05) is 7.05 Å². The topological polar surface area (TPSA) is 21.3 Å². The number of benzene rings is 1. The minimum atomic E-state index is 0.328. The molecular weight excluding hydrogens is 234 g/mol. The molecule has 2 aliphatic rings. The van der Waals surface area contributed by atoms with Crippen molar-refractivity contribution in [1.82, 2.24) is 5.32 Å². The van der Waals surface area contributed by atoms with E-state index in [0.29, 0.717) is 18.2 Å². The first-order valence-electron chi connectivity index (χ1n) is 7.70. The van der Waals surface area contributed by atoms with Crippen molar-refractivity contribution in [3.8, 4) is 0 Å². The van der Waals surface area contributed by atoms with Gasteiger partial charge >= 0.3 is 0 Å². The Bertz CT molecular complexity index is 410. The first-order valence-corrected chi connectivity index (χ1v) is 7.70. The normalized spacial score (nSPS) is 29.2. The molecule has 1 saturated carbocycles. The third-order valence-corrected chi connectivity index (χ3v) is 4.82. The zero-order chi connectivity index (χ0) is 13.2. The molecule has 0 spiro atoms. The Labute approximate surface area is 116 Å². The maximum Gasteiger partial charge on any atom is 0.0774 e. The summed E-state index contributed by atoms with van der Waals surface area (Å²) in [7, 11) is 2.04. The molecule has 3 atom stereocenters. The molecule has 0 amide bonds. The molecular formula is C17H25NO. The first-order chi connectivity index (χ1) is 9.28. The third kappa shape index (κ3) is 2.70. The van der Waals surface area contributed by atoms with Crippen LogP contribution in [0.2, 0.25) is 0 Å². The van der Waals surface area contributed by atoms with E-state index in [-0.39, 0.29) is 0 Å². The van der Waals surface area contributed by atoms with Gasteiger partial charge in [-0.3, -0.25) is 0 Å². The van der Waals surface area contributed by atoms with Gasteiger partial charge in [0.1, 0.15) is 0 Å².